The molecule has 0 aromatic carbocycles. The van der Waals surface area contributed by atoms with E-state index in [1.54, 1.807) is 11.3 Å². The quantitative estimate of drug-likeness (QED) is 0.727. The topological polar surface area (TPSA) is 9.23 Å². The average molecular weight is 263 g/mol. The molecule has 0 amide bonds. The summed E-state index contributed by atoms with van der Waals surface area (Å²) in [4.78, 5) is 1.29. The third-order valence-electron chi connectivity index (χ3n) is 1.71. The number of ether oxygens (including phenoxy) is 1. The molecule has 1 heterocycles. The summed E-state index contributed by atoms with van der Waals surface area (Å²) in [5, 5.41) is 0. The van der Waals surface area contributed by atoms with Gasteiger partial charge in [0.15, 0.2) is 0 Å². The van der Waals surface area contributed by atoms with Crippen LogP contribution in [0.15, 0.2) is 15.9 Å². The molecule has 0 atom stereocenters. The van der Waals surface area contributed by atoms with Gasteiger partial charge in [0.1, 0.15) is 0 Å². The summed E-state index contributed by atoms with van der Waals surface area (Å²) in [6, 6.07) is 4.16. The Kier molecular flexibility index (Phi) is 4.99. The fourth-order valence-corrected chi connectivity index (χ4v) is 2.34. The summed E-state index contributed by atoms with van der Waals surface area (Å²) < 4.78 is 6.71. The minimum absolute atomic E-state index is 0.732. The third kappa shape index (κ3) is 4.79. The van der Waals surface area contributed by atoms with Crippen LogP contribution < -0.4 is 0 Å². The molecule has 0 aliphatic rings. The van der Waals surface area contributed by atoms with Gasteiger partial charge in [-0.25, -0.2) is 0 Å². The molecule has 74 valence electrons. The summed E-state index contributed by atoms with van der Waals surface area (Å²) in [5.74, 6) is 0.732. The second-order valence-corrected chi connectivity index (χ2v) is 5.99. The van der Waals surface area contributed by atoms with Gasteiger partial charge in [-0.15, -0.1) is 11.3 Å². The predicted molar refractivity (Wildman–Crippen MR) is 61.1 cm³/mol. The van der Waals surface area contributed by atoms with Crippen molar-refractivity contribution in [3.8, 4) is 0 Å². The van der Waals surface area contributed by atoms with E-state index in [1.165, 1.54) is 8.66 Å². The summed E-state index contributed by atoms with van der Waals surface area (Å²) >= 11 is 5.17. The van der Waals surface area contributed by atoms with Crippen molar-refractivity contribution in [1.82, 2.24) is 0 Å². The highest BCUT2D eigenvalue weighted by Crippen LogP contribution is 2.22. The van der Waals surface area contributed by atoms with E-state index in [2.05, 4.69) is 41.9 Å². The molecule has 0 bridgehead atoms. The van der Waals surface area contributed by atoms with Crippen LogP contribution in [0.2, 0.25) is 0 Å². The molecule has 0 aliphatic heterocycles. The third-order valence-corrected chi connectivity index (χ3v) is 3.31. The van der Waals surface area contributed by atoms with Crippen LogP contribution in [0.25, 0.3) is 0 Å². The number of thiophene rings is 1. The lowest BCUT2D eigenvalue weighted by molar-refractivity contribution is 0.112. The van der Waals surface area contributed by atoms with Crippen molar-refractivity contribution in [2.24, 2.45) is 5.92 Å². The molecule has 0 spiro atoms. The van der Waals surface area contributed by atoms with Crippen LogP contribution in [-0.4, -0.2) is 6.61 Å². The minimum Gasteiger partial charge on any atom is -0.376 e. The highest BCUT2D eigenvalue weighted by molar-refractivity contribution is 9.11. The lowest BCUT2D eigenvalue weighted by Gasteiger charge is -2.04. The standard InChI is InChI=1S/C10H15BrOS/c1-8(2)5-6-12-7-9-3-4-10(11)13-9/h3-4,8H,5-7H2,1-2H3. The van der Waals surface area contributed by atoms with E-state index >= 15 is 0 Å². The Hall–Kier alpha value is 0.140. The highest BCUT2D eigenvalue weighted by Gasteiger charge is 1.98. The van der Waals surface area contributed by atoms with E-state index in [-0.39, 0.29) is 0 Å². The maximum Gasteiger partial charge on any atom is 0.0809 e. The van der Waals surface area contributed by atoms with Crippen molar-refractivity contribution in [3.05, 3.63) is 20.8 Å². The first-order chi connectivity index (χ1) is 6.18. The maximum absolute atomic E-state index is 5.53. The van der Waals surface area contributed by atoms with Gasteiger partial charge in [-0.2, -0.15) is 0 Å². The largest absolute Gasteiger partial charge is 0.376 e. The number of rotatable bonds is 5. The average Bonchev–Trinajstić information content (AvgIpc) is 2.45. The first kappa shape index (κ1) is 11.2. The summed E-state index contributed by atoms with van der Waals surface area (Å²) in [7, 11) is 0. The van der Waals surface area contributed by atoms with Gasteiger partial charge in [-0.3, -0.25) is 0 Å². The zero-order valence-electron chi connectivity index (χ0n) is 8.05. The monoisotopic (exact) mass is 262 g/mol. The molecule has 0 saturated heterocycles. The van der Waals surface area contributed by atoms with Crippen LogP contribution in [-0.2, 0) is 11.3 Å². The second-order valence-electron chi connectivity index (χ2n) is 3.44. The first-order valence-corrected chi connectivity index (χ1v) is 6.11. The Morgan fingerprint density at radius 2 is 2.23 bits per heavy atom. The molecule has 0 unspecified atom stereocenters. The van der Waals surface area contributed by atoms with Gasteiger partial charge < -0.3 is 4.74 Å². The van der Waals surface area contributed by atoms with Gasteiger partial charge in [-0.05, 0) is 40.4 Å². The fourth-order valence-electron chi connectivity index (χ4n) is 0.921. The molecule has 13 heavy (non-hydrogen) atoms. The van der Waals surface area contributed by atoms with Crippen molar-refractivity contribution in [1.29, 1.82) is 0 Å². The minimum atomic E-state index is 0.732. The Balaban J connectivity index is 2.13. The van der Waals surface area contributed by atoms with Crippen LogP contribution in [0, 0.1) is 5.92 Å². The normalized spacial score (nSPS) is 11.1. The fraction of sp³-hybridized carbons (Fsp3) is 0.600. The lowest BCUT2D eigenvalue weighted by Crippen LogP contribution is -1.97. The smallest absolute Gasteiger partial charge is 0.0809 e. The number of hydrogen-bond acceptors (Lipinski definition) is 2. The van der Waals surface area contributed by atoms with E-state index in [4.69, 9.17) is 4.74 Å². The molecule has 0 fully saturated rings. The van der Waals surface area contributed by atoms with Crippen molar-refractivity contribution in [2.75, 3.05) is 6.61 Å². The molecule has 0 N–H and O–H groups in total. The first-order valence-electron chi connectivity index (χ1n) is 4.50. The van der Waals surface area contributed by atoms with Gasteiger partial charge >= 0.3 is 0 Å². The Labute approximate surface area is 92.2 Å². The number of hydrogen-bond donors (Lipinski definition) is 0. The molecule has 1 aromatic heterocycles. The van der Waals surface area contributed by atoms with Gasteiger partial charge in [0.25, 0.3) is 0 Å². The van der Waals surface area contributed by atoms with E-state index in [0.717, 1.165) is 25.6 Å². The lowest BCUT2D eigenvalue weighted by atomic mass is 10.1. The Bertz CT molecular complexity index is 245. The number of halogens is 1. The van der Waals surface area contributed by atoms with Gasteiger partial charge in [0.2, 0.25) is 0 Å². The van der Waals surface area contributed by atoms with E-state index in [0.29, 0.717) is 0 Å². The Morgan fingerprint density at radius 3 is 2.77 bits per heavy atom. The van der Waals surface area contributed by atoms with Crippen molar-refractivity contribution in [3.63, 3.8) is 0 Å². The van der Waals surface area contributed by atoms with E-state index in [9.17, 15) is 0 Å². The maximum atomic E-state index is 5.53. The van der Waals surface area contributed by atoms with Crippen molar-refractivity contribution < 1.29 is 4.74 Å². The van der Waals surface area contributed by atoms with Crippen LogP contribution in [0.5, 0.6) is 0 Å². The second kappa shape index (κ2) is 5.78. The van der Waals surface area contributed by atoms with Crippen LogP contribution >= 0.6 is 27.3 Å². The molecule has 0 radical (unpaired) electrons. The zero-order chi connectivity index (χ0) is 9.68. The van der Waals surface area contributed by atoms with E-state index < -0.39 is 0 Å². The Morgan fingerprint density at radius 1 is 1.46 bits per heavy atom. The molecule has 3 heteroatoms. The van der Waals surface area contributed by atoms with Crippen molar-refractivity contribution >= 4 is 27.3 Å². The van der Waals surface area contributed by atoms with Crippen LogP contribution in [0.3, 0.4) is 0 Å². The predicted octanol–water partition coefficient (Wildman–Crippen LogP) is 4.07. The van der Waals surface area contributed by atoms with Crippen LogP contribution in [0.1, 0.15) is 25.1 Å². The zero-order valence-corrected chi connectivity index (χ0v) is 10.5. The molecule has 0 aliphatic carbocycles. The molecular formula is C10H15BrOS. The van der Waals surface area contributed by atoms with Crippen LogP contribution in [0.4, 0.5) is 0 Å². The molecular weight excluding hydrogens is 248 g/mol. The SMILES string of the molecule is CC(C)CCOCc1ccc(Br)s1. The molecule has 1 rings (SSSR count). The van der Waals surface area contributed by atoms with E-state index in [1.807, 2.05) is 0 Å². The summed E-state index contributed by atoms with van der Waals surface area (Å²) in [6.45, 7) is 6.05. The molecule has 1 aromatic rings. The summed E-state index contributed by atoms with van der Waals surface area (Å²) in [6.07, 6.45) is 1.15. The van der Waals surface area contributed by atoms with Gasteiger partial charge in [0, 0.05) is 11.5 Å². The van der Waals surface area contributed by atoms with Gasteiger partial charge in [0.05, 0.1) is 10.4 Å². The van der Waals surface area contributed by atoms with Crippen molar-refractivity contribution in [2.45, 2.75) is 26.9 Å². The highest BCUT2D eigenvalue weighted by atomic mass is 79.9. The molecule has 0 saturated carbocycles. The molecule has 1 nitrogen and oxygen atoms in total. The summed E-state index contributed by atoms with van der Waals surface area (Å²) in [5.41, 5.74) is 0. The van der Waals surface area contributed by atoms with Gasteiger partial charge in [-0.1, -0.05) is 13.8 Å².